The third-order valence-corrected chi connectivity index (χ3v) is 4.28. The third-order valence-electron chi connectivity index (χ3n) is 4.28. The van der Waals surface area contributed by atoms with E-state index in [1.54, 1.807) is 0 Å². The first-order chi connectivity index (χ1) is 9.85. The number of benzene rings is 2. The van der Waals surface area contributed by atoms with E-state index < -0.39 is 0 Å². The van der Waals surface area contributed by atoms with Gasteiger partial charge in [0.1, 0.15) is 0 Å². The van der Waals surface area contributed by atoms with Crippen LogP contribution in [0.15, 0.2) is 42.5 Å². The molecule has 0 saturated heterocycles. The van der Waals surface area contributed by atoms with Crippen LogP contribution in [0.3, 0.4) is 0 Å². The lowest BCUT2D eigenvalue weighted by Crippen LogP contribution is -2.03. The van der Waals surface area contributed by atoms with Crippen molar-refractivity contribution in [2.75, 3.05) is 6.61 Å². The molecule has 2 aromatic carbocycles. The zero-order chi connectivity index (χ0) is 13.8. The van der Waals surface area contributed by atoms with E-state index in [0.717, 1.165) is 38.5 Å². The summed E-state index contributed by atoms with van der Waals surface area (Å²) in [5, 5.41) is 9.07. The summed E-state index contributed by atoms with van der Waals surface area (Å²) in [7, 11) is 0. The Balaban J connectivity index is 1.91. The molecule has 6 rings (SSSR count). The molecule has 1 heteroatoms. The smallest absolute Gasteiger partial charge is 0.0434 e. The minimum atomic E-state index is 0.282. The molecule has 0 aromatic heterocycles. The van der Waals surface area contributed by atoms with E-state index in [2.05, 4.69) is 42.5 Å². The van der Waals surface area contributed by atoms with Crippen molar-refractivity contribution in [2.45, 2.75) is 38.5 Å². The van der Waals surface area contributed by atoms with Crippen LogP contribution in [-0.4, -0.2) is 11.7 Å². The SMILES string of the molecule is OCCCc1cc2ccc1CCc1ccc(cc1)CC2. The van der Waals surface area contributed by atoms with Gasteiger partial charge < -0.3 is 5.11 Å². The standard InChI is InChI=1S/C19H22O/c20-13-1-2-19-14-17-8-7-15-3-5-16(6-4-15)9-11-18(19)12-10-17/h3-6,10,12,14,20H,1-2,7-9,11,13H2. The lowest BCUT2D eigenvalue weighted by atomic mass is 9.92. The Morgan fingerprint density at radius 1 is 0.750 bits per heavy atom. The van der Waals surface area contributed by atoms with Crippen LogP contribution in [0.5, 0.6) is 0 Å². The Morgan fingerprint density at radius 3 is 2.05 bits per heavy atom. The van der Waals surface area contributed by atoms with E-state index in [0.29, 0.717) is 0 Å². The second kappa shape index (κ2) is 6.23. The number of hydrogen-bond acceptors (Lipinski definition) is 1. The fourth-order valence-electron chi connectivity index (χ4n) is 3.02. The fraction of sp³-hybridized carbons (Fsp3) is 0.368. The Hall–Kier alpha value is -1.60. The Morgan fingerprint density at radius 2 is 1.35 bits per heavy atom. The van der Waals surface area contributed by atoms with E-state index >= 15 is 0 Å². The van der Waals surface area contributed by atoms with E-state index in [1.807, 2.05) is 0 Å². The molecule has 4 bridgehead atoms. The first-order valence-corrected chi connectivity index (χ1v) is 7.64. The highest BCUT2D eigenvalue weighted by molar-refractivity contribution is 5.35. The van der Waals surface area contributed by atoms with Gasteiger partial charge in [0.15, 0.2) is 0 Å². The van der Waals surface area contributed by atoms with Crippen molar-refractivity contribution >= 4 is 0 Å². The van der Waals surface area contributed by atoms with Crippen molar-refractivity contribution in [3.63, 3.8) is 0 Å². The minimum Gasteiger partial charge on any atom is -0.396 e. The van der Waals surface area contributed by atoms with E-state index in [-0.39, 0.29) is 6.61 Å². The quantitative estimate of drug-likeness (QED) is 0.901. The summed E-state index contributed by atoms with van der Waals surface area (Å²) in [5.41, 5.74) is 7.16. The normalized spacial score (nSPS) is 14.1. The number of aliphatic hydroxyl groups is 1. The van der Waals surface area contributed by atoms with Crippen LogP contribution in [0, 0.1) is 0 Å². The lowest BCUT2D eigenvalue weighted by molar-refractivity contribution is 0.288. The summed E-state index contributed by atoms with van der Waals surface area (Å²) in [6, 6.07) is 16.0. The number of rotatable bonds is 3. The molecular formula is C19H22O. The topological polar surface area (TPSA) is 20.2 Å². The molecule has 1 N–H and O–H groups in total. The van der Waals surface area contributed by atoms with Gasteiger partial charge in [-0.05, 0) is 66.3 Å². The first kappa shape index (κ1) is 13.4. The molecule has 0 unspecified atom stereocenters. The van der Waals surface area contributed by atoms with Gasteiger partial charge in [0.2, 0.25) is 0 Å². The first-order valence-electron chi connectivity index (χ1n) is 7.64. The maximum absolute atomic E-state index is 9.07. The molecule has 2 aromatic rings. The van der Waals surface area contributed by atoms with E-state index in [9.17, 15) is 0 Å². The van der Waals surface area contributed by atoms with Crippen LogP contribution >= 0.6 is 0 Å². The number of hydrogen-bond donors (Lipinski definition) is 1. The largest absolute Gasteiger partial charge is 0.396 e. The van der Waals surface area contributed by atoms with Crippen molar-refractivity contribution < 1.29 is 5.11 Å². The summed E-state index contributed by atoms with van der Waals surface area (Å²) in [4.78, 5) is 0. The van der Waals surface area contributed by atoms with Crippen molar-refractivity contribution in [1.29, 1.82) is 0 Å². The van der Waals surface area contributed by atoms with Crippen molar-refractivity contribution in [2.24, 2.45) is 0 Å². The zero-order valence-corrected chi connectivity index (χ0v) is 11.9. The number of aliphatic hydroxyl groups excluding tert-OH is 1. The van der Waals surface area contributed by atoms with Crippen molar-refractivity contribution in [1.82, 2.24) is 0 Å². The van der Waals surface area contributed by atoms with Crippen LogP contribution in [0.1, 0.15) is 34.2 Å². The highest BCUT2D eigenvalue weighted by atomic mass is 16.2. The second-order valence-electron chi connectivity index (χ2n) is 5.75. The molecule has 0 spiro atoms. The summed E-state index contributed by atoms with van der Waals surface area (Å²) < 4.78 is 0. The van der Waals surface area contributed by atoms with E-state index in [1.165, 1.54) is 27.8 Å². The van der Waals surface area contributed by atoms with Crippen LogP contribution < -0.4 is 0 Å². The molecule has 4 aliphatic carbocycles. The molecule has 0 heterocycles. The molecule has 4 aliphatic rings. The van der Waals surface area contributed by atoms with Crippen molar-refractivity contribution in [3.05, 3.63) is 70.3 Å². The molecule has 104 valence electrons. The highest BCUT2D eigenvalue weighted by Gasteiger charge is 2.07. The van der Waals surface area contributed by atoms with Crippen LogP contribution in [-0.2, 0) is 32.1 Å². The molecular weight excluding hydrogens is 244 g/mol. The Bertz CT molecular complexity index is 569. The Labute approximate surface area is 121 Å². The van der Waals surface area contributed by atoms with Gasteiger partial charge in [-0.15, -0.1) is 0 Å². The van der Waals surface area contributed by atoms with Gasteiger partial charge in [0.05, 0.1) is 0 Å². The predicted octanol–water partition coefficient (Wildman–Crippen LogP) is 3.50. The summed E-state index contributed by atoms with van der Waals surface area (Å²) in [6.45, 7) is 0.282. The average molecular weight is 266 g/mol. The highest BCUT2D eigenvalue weighted by Crippen LogP contribution is 2.20. The average Bonchev–Trinajstić information content (AvgIpc) is 2.48. The van der Waals surface area contributed by atoms with Gasteiger partial charge in [-0.3, -0.25) is 0 Å². The monoisotopic (exact) mass is 266 g/mol. The van der Waals surface area contributed by atoms with Gasteiger partial charge in [-0.2, -0.15) is 0 Å². The third kappa shape index (κ3) is 3.10. The molecule has 20 heavy (non-hydrogen) atoms. The fourth-order valence-corrected chi connectivity index (χ4v) is 3.02. The number of aryl methyl sites for hydroxylation is 5. The maximum Gasteiger partial charge on any atom is 0.0434 e. The van der Waals surface area contributed by atoms with Gasteiger partial charge >= 0.3 is 0 Å². The maximum atomic E-state index is 9.07. The van der Waals surface area contributed by atoms with Gasteiger partial charge in [0, 0.05) is 6.61 Å². The zero-order valence-electron chi connectivity index (χ0n) is 11.9. The minimum absolute atomic E-state index is 0.282. The van der Waals surface area contributed by atoms with E-state index in [4.69, 9.17) is 5.11 Å². The van der Waals surface area contributed by atoms with Crippen LogP contribution in [0.25, 0.3) is 0 Å². The van der Waals surface area contributed by atoms with Gasteiger partial charge in [0.25, 0.3) is 0 Å². The predicted molar refractivity (Wildman–Crippen MR) is 83.1 cm³/mol. The molecule has 0 fully saturated rings. The molecule has 0 amide bonds. The molecule has 0 atom stereocenters. The second-order valence-corrected chi connectivity index (χ2v) is 5.75. The van der Waals surface area contributed by atoms with Crippen LogP contribution in [0.4, 0.5) is 0 Å². The summed E-state index contributed by atoms with van der Waals surface area (Å²) in [6.07, 6.45) is 6.28. The Kier molecular flexibility index (Phi) is 4.17. The molecule has 0 aliphatic heterocycles. The van der Waals surface area contributed by atoms with Crippen LogP contribution in [0.2, 0.25) is 0 Å². The lowest BCUT2D eigenvalue weighted by Gasteiger charge is -2.14. The molecule has 1 nitrogen and oxygen atoms in total. The summed E-state index contributed by atoms with van der Waals surface area (Å²) >= 11 is 0. The molecule has 0 saturated carbocycles. The molecule has 0 radical (unpaired) electrons. The van der Waals surface area contributed by atoms with Crippen molar-refractivity contribution in [3.8, 4) is 0 Å². The summed E-state index contributed by atoms with van der Waals surface area (Å²) in [5.74, 6) is 0. The van der Waals surface area contributed by atoms with Gasteiger partial charge in [-0.1, -0.05) is 42.5 Å². The van der Waals surface area contributed by atoms with Gasteiger partial charge in [-0.25, -0.2) is 0 Å².